The molecule has 4 rings (SSSR count). The summed E-state index contributed by atoms with van der Waals surface area (Å²) < 4.78 is 6.30. The van der Waals surface area contributed by atoms with E-state index in [-0.39, 0.29) is 6.10 Å². The normalized spacial score (nSPS) is 17.3. The number of benzene rings is 3. The summed E-state index contributed by atoms with van der Waals surface area (Å²) >= 11 is 0. The summed E-state index contributed by atoms with van der Waals surface area (Å²) in [6, 6.07) is 27.4. The lowest BCUT2D eigenvalue weighted by molar-refractivity contribution is 0.129. The molecule has 0 N–H and O–H groups in total. The van der Waals surface area contributed by atoms with E-state index in [0.29, 0.717) is 0 Å². The minimum Gasteiger partial charge on any atom is -0.484 e. The van der Waals surface area contributed by atoms with Crippen molar-refractivity contribution in [3.05, 3.63) is 90.0 Å². The van der Waals surface area contributed by atoms with E-state index in [4.69, 9.17) is 4.74 Å². The van der Waals surface area contributed by atoms with E-state index in [1.807, 2.05) is 6.07 Å². The Morgan fingerprint density at radius 2 is 1.46 bits per heavy atom. The van der Waals surface area contributed by atoms with Crippen LogP contribution in [0.3, 0.4) is 0 Å². The maximum atomic E-state index is 6.30. The first kappa shape index (κ1) is 15.0. The van der Waals surface area contributed by atoms with E-state index in [1.54, 1.807) is 0 Å². The van der Waals surface area contributed by atoms with Crippen molar-refractivity contribution in [2.24, 2.45) is 0 Å². The second kappa shape index (κ2) is 6.50. The van der Waals surface area contributed by atoms with Gasteiger partial charge in [-0.1, -0.05) is 66.7 Å². The van der Waals surface area contributed by atoms with Gasteiger partial charge in [-0.25, -0.2) is 0 Å². The number of rotatable bonds is 3. The summed E-state index contributed by atoms with van der Waals surface area (Å²) in [7, 11) is 2.14. The van der Waals surface area contributed by atoms with Crippen molar-refractivity contribution in [2.75, 3.05) is 13.6 Å². The number of ether oxygens (including phenoxy) is 1. The Morgan fingerprint density at radius 3 is 2.25 bits per heavy atom. The molecule has 0 saturated heterocycles. The molecule has 0 saturated carbocycles. The third-order valence-electron chi connectivity index (χ3n) is 4.56. The lowest BCUT2D eigenvalue weighted by Crippen LogP contribution is -2.32. The molecule has 1 heterocycles. The highest BCUT2D eigenvalue weighted by atomic mass is 16.5. The maximum Gasteiger partial charge on any atom is 0.137 e. The minimum atomic E-state index is 0.0857. The maximum absolute atomic E-state index is 6.30. The Balaban J connectivity index is 1.56. The molecule has 0 aromatic heterocycles. The molecule has 2 nitrogen and oxygen atoms in total. The molecule has 0 spiro atoms. The Morgan fingerprint density at radius 1 is 0.792 bits per heavy atom. The molecule has 0 bridgehead atoms. The second-order valence-corrected chi connectivity index (χ2v) is 6.39. The van der Waals surface area contributed by atoms with Crippen LogP contribution in [0.15, 0.2) is 78.9 Å². The molecule has 2 heteroatoms. The molecule has 0 radical (unpaired) electrons. The predicted octanol–water partition coefficient (Wildman–Crippen LogP) is 4.92. The van der Waals surface area contributed by atoms with Crippen LogP contribution in [0.2, 0.25) is 0 Å². The zero-order valence-electron chi connectivity index (χ0n) is 13.9. The van der Waals surface area contributed by atoms with Crippen LogP contribution in [-0.2, 0) is 6.54 Å². The van der Waals surface area contributed by atoms with Gasteiger partial charge in [-0.3, -0.25) is 4.90 Å². The fourth-order valence-electron chi connectivity index (χ4n) is 3.35. The van der Waals surface area contributed by atoms with Gasteiger partial charge in [-0.15, -0.1) is 0 Å². The van der Waals surface area contributed by atoms with Gasteiger partial charge >= 0.3 is 0 Å². The molecule has 3 aromatic carbocycles. The van der Waals surface area contributed by atoms with Crippen LogP contribution in [0.5, 0.6) is 5.75 Å². The van der Waals surface area contributed by atoms with Crippen LogP contribution in [-0.4, -0.2) is 18.5 Å². The Bertz CT molecular complexity index is 811. The van der Waals surface area contributed by atoms with E-state index in [9.17, 15) is 0 Å². The SMILES string of the molecule is CN1Cc2ccccc2C(Oc2ccc(-c3ccccc3)cc2)C1. The Hall–Kier alpha value is -2.58. The van der Waals surface area contributed by atoms with Crippen molar-refractivity contribution in [1.82, 2.24) is 4.90 Å². The first-order chi connectivity index (χ1) is 11.8. The Labute approximate surface area is 143 Å². The summed E-state index contributed by atoms with van der Waals surface area (Å²) in [4.78, 5) is 2.31. The first-order valence-electron chi connectivity index (χ1n) is 8.38. The summed E-state index contributed by atoms with van der Waals surface area (Å²) in [5.41, 5.74) is 5.11. The Kier molecular flexibility index (Phi) is 4.06. The lowest BCUT2D eigenvalue weighted by atomic mass is 9.97. The van der Waals surface area contributed by atoms with Crippen molar-refractivity contribution in [2.45, 2.75) is 12.6 Å². The molecule has 24 heavy (non-hydrogen) atoms. The van der Waals surface area contributed by atoms with Crippen LogP contribution < -0.4 is 4.74 Å². The highest BCUT2D eigenvalue weighted by Gasteiger charge is 2.24. The van der Waals surface area contributed by atoms with Crippen molar-refractivity contribution in [3.63, 3.8) is 0 Å². The van der Waals surface area contributed by atoms with Gasteiger partial charge in [-0.2, -0.15) is 0 Å². The van der Waals surface area contributed by atoms with E-state index in [2.05, 4.69) is 84.7 Å². The third kappa shape index (κ3) is 3.06. The molecular formula is C22H21NO. The topological polar surface area (TPSA) is 12.5 Å². The highest BCUT2D eigenvalue weighted by Crippen LogP contribution is 2.31. The molecule has 0 fully saturated rings. The van der Waals surface area contributed by atoms with E-state index in [0.717, 1.165) is 18.8 Å². The van der Waals surface area contributed by atoms with Gasteiger partial charge in [0.25, 0.3) is 0 Å². The van der Waals surface area contributed by atoms with Gasteiger partial charge in [0.2, 0.25) is 0 Å². The fourth-order valence-corrected chi connectivity index (χ4v) is 3.35. The van der Waals surface area contributed by atoms with E-state index >= 15 is 0 Å². The molecule has 1 atom stereocenters. The van der Waals surface area contributed by atoms with E-state index in [1.165, 1.54) is 22.3 Å². The van der Waals surface area contributed by atoms with Crippen LogP contribution >= 0.6 is 0 Å². The predicted molar refractivity (Wildman–Crippen MR) is 98.0 cm³/mol. The third-order valence-corrected chi connectivity index (χ3v) is 4.56. The minimum absolute atomic E-state index is 0.0857. The molecule has 1 aliphatic rings. The molecular weight excluding hydrogens is 294 g/mol. The summed E-state index contributed by atoms with van der Waals surface area (Å²) in [6.07, 6.45) is 0.0857. The standard InChI is InChI=1S/C22H21NO/c1-23-15-19-9-5-6-10-21(19)22(16-23)24-20-13-11-18(12-14-20)17-7-3-2-4-8-17/h2-14,22H,15-16H2,1H3. The highest BCUT2D eigenvalue weighted by molar-refractivity contribution is 5.63. The van der Waals surface area contributed by atoms with Crippen LogP contribution in [0.1, 0.15) is 17.2 Å². The van der Waals surface area contributed by atoms with Crippen molar-refractivity contribution >= 4 is 0 Å². The zero-order valence-corrected chi connectivity index (χ0v) is 13.9. The van der Waals surface area contributed by atoms with Crippen LogP contribution in [0.25, 0.3) is 11.1 Å². The number of likely N-dealkylation sites (N-methyl/N-ethyl adjacent to an activating group) is 1. The average molecular weight is 315 g/mol. The average Bonchev–Trinajstić information content (AvgIpc) is 2.63. The summed E-state index contributed by atoms with van der Waals surface area (Å²) in [5, 5.41) is 0. The molecule has 1 unspecified atom stereocenters. The summed E-state index contributed by atoms with van der Waals surface area (Å²) in [5.74, 6) is 0.921. The molecule has 0 amide bonds. The van der Waals surface area contributed by atoms with Crippen LogP contribution in [0, 0.1) is 0 Å². The van der Waals surface area contributed by atoms with Crippen molar-refractivity contribution < 1.29 is 4.74 Å². The summed E-state index contributed by atoms with van der Waals surface area (Å²) in [6.45, 7) is 1.90. The number of hydrogen-bond donors (Lipinski definition) is 0. The van der Waals surface area contributed by atoms with Crippen LogP contribution in [0.4, 0.5) is 0 Å². The molecule has 0 aliphatic carbocycles. The zero-order chi connectivity index (χ0) is 16.4. The number of nitrogens with zero attached hydrogens (tertiary/aromatic N) is 1. The lowest BCUT2D eigenvalue weighted by Gasteiger charge is -2.32. The van der Waals surface area contributed by atoms with Gasteiger partial charge in [0.05, 0.1) is 0 Å². The van der Waals surface area contributed by atoms with Gasteiger partial charge in [0.1, 0.15) is 11.9 Å². The second-order valence-electron chi connectivity index (χ2n) is 6.39. The fraction of sp³-hybridized carbons (Fsp3) is 0.182. The van der Waals surface area contributed by atoms with Crippen molar-refractivity contribution in [1.29, 1.82) is 0 Å². The monoisotopic (exact) mass is 315 g/mol. The van der Waals surface area contributed by atoms with Gasteiger partial charge in [0, 0.05) is 13.1 Å². The van der Waals surface area contributed by atoms with E-state index < -0.39 is 0 Å². The van der Waals surface area contributed by atoms with Gasteiger partial charge in [-0.05, 0) is 41.4 Å². The number of fused-ring (bicyclic) bond motifs is 1. The quantitative estimate of drug-likeness (QED) is 0.680. The first-order valence-corrected chi connectivity index (χ1v) is 8.38. The number of hydrogen-bond acceptors (Lipinski definition) is 2. The van der Waals surface area contributed by atoms with Gasteiger partial charge in [0.15, 0.2) is 0 Å². The largest absolute Gasteiger partial charge is 0.484 e. The van der Waals surface area contributed by atoms with Gasteiger partial charge < -0.3 is 4.74 Å². The molecule has 3 aromatic rings. The molecule has 1 aliphatic heterocycles. The molecule has 120 valence electrons. The van der Waals surface area contributed by atoms with Crippen molar-refractivity contribution in [3.8, 4) is 16.9 Å². The smallest absolute Gasteiger partial charge is 0.137 e.